The van der Waals surface area contributed by atoms with E-state index in [2.05, 4.69) is 33.4 Å². The van der Waals surface area contributed by atoms with Crippen LogP contribution in [0.2, 0.25) is 0 Å². The standard InChI is InChI=1S/C14H22O/c1-10(2)6-7-12-11(3)13(15)8-9-14(12,4)5/h6-7,11-12H,1,8-9H2,2-5H3/b7-6+. The van der Waals surface area contributed by atoms with E-state index in [0.717, 1.165) is 18.4 Å². The van der Waals surface area contributed by atoms with Gasteiger partial charge in [-0.15, -0.1) is 0 Å². The van der Waals surface area contributed by atoms with Crippen LogP contribution in [-0.4, -0.2) is 5.78 Å². The van der Waals surface area contributed by atoms with Crippen molar-refractivity contribution >= 4 is 5.78 Å². The number of ketones is 1. The van der Waals surface area contributed by atoms with E-state index in [9.17, 15) is 4.79 Å². The van der Waals surface area contributed by atoms with Gasteiger partial charge in [-0.05, 0) is 24.7 Å². The Morgan fingerprint density at radius 3 is 2.67 bits per heavy atom. The van der Waals surface area contributed by atoms with Crippen molar-refractivity contribution in [3.63, 3.8) is 0 Å². The fourth-order valence-corrected chi connectivity index (χ4v) is 2.41. The van der Waals surface area contributed by atoms with Crippen LogP contribution < -0.4 is 0 Å². The molecule has 0 aromatic carbocycles. The van der Waals surface area contributed by atoms with Gasteiger partial charge in [0.1, 0.15) is 5.78 Å². The van der Waals surface area contributed by atoms with Gasteiger partial charge in [-0.3, -0.25) is 4.79 Å². The molecular formula is C14H22O. The molecule has 0 heterocycles. The number of hydrogen-bond acceptors (Lipinski definition) is 1. The maximum atomic E-state index is 11.7. The third-order valence-corrected chi connectivity index (χ3v) is 3.55. The Balaban J connectivity index is 2.88. The van der Waals surface area contributed by atoms with Crippen LogP contribution in [0.5, 0.6) is 0 Å². The lowest BCUT2D eigenvalue weighted by atomic mass is 9.63. The van der Waals surface area contributed by atoms with Gasteiger partial charge in [-0.2, -0.15) is 0 Å². The molecule has 0 amide bonds. The first-order valence-corrected chi connectivity index (χ1v) is 5.71. The van der Waals surface area contributed by atoms with Crippen LogP contribution in [0, 0.1) is 17.3 Å². The molecule has 0 spiro atoms. The zero-order chi connectivity index (χ0) is 11.6. The maximum Gasteiger partial charge on any atom is 0.136 e. The van der Waals surface area contributed by atoms with E-state index in [0.29, 0.717) is 11.7 Å². The summed E-state index contributed by atoms with van der Waals surface area (Å²) < 4.78 is 0. The molecule has 1 aliphatic rings. The molecule has 1 fully saturated rings. The van der Waals surface area contributed by atoms with Gasteiger partial charge in [0.15, 0.2) is 0 Å². The molecule has 0 bridgehead atoms. The smallest absolute Gasteiger partial charge is 0.136 e. The van der Waals surface area contributed by atoms with Gasteiger partial charge in [-0.25, -0.2) is 0 Å². The monoisotopic (exact) mass is 206 g/mol. The van der Waals surface area contributed by atoms with Crippen LogP contribution in [0.3, 0.4) is 0 Å². The summed E-state index contributed by atoms with van der Waals surface area (Å²) in [6.45, 7) is 12.4. The predicted octanol–water partition coefficient (Wildman–Crippen LogP) is 3.76. The predicted molar refractivity (Wildman–Crippen MR) is 64.6 cm³/mol. The van der Waals surface area contributed by atoms with Crippen LogP contribution in [0.15, 0.2) is 24.3 Å². The Morgan fingerprint density at radius 2 is 2.13 bits per heavy atom. The molecule has 1 saturated carbocycles. The minimum Gasteiger partial charge on any atom is -0.299 e. The van der Waals surface area contributed by atoms with E-state index in [1.165, 1.54) is 0 Å². The second kappa shape index (κ2) is 4.34. The number of rotatable bonds is 2. The normalized spacial score (nSPS) is 30.8. The molecule has 0 aromatic rings. The van der Waals surface area contributed by atoms with E-state index in [1.54, 1.807) is 0 Å². The van der Waals surface area contributed by atoms with Gasteiger partial charge in [-0.1, -0.05) is 45.1 Å². The maximum absolute atomic E-state index is 11.7. The number of Topliss-reactive ketones (excluding diaryl/α,β-unsaturated/α-hetero) is 1. The van der Waals surface area contributed by atoms with E-state index in [4.69, 9.17) is 0 Å². The summed E-state index contributed by atoms with van der Waals surface area (Å²) in [5.41, 5.74) is 1.29. The van der Waals surface area contributed by atoms with Gasteiger partial charge < -0.3 is 0 Å². The Labute approximate surface area is 93.3 Å². The van der Waals surface area contributed by atoms with Crippen LogP contribution in [-0.2, 0) is 4.79 Å². The third-order valence-electron chi connectivity index (χ3n) is 3.55. The van der Waals surface area contributed by atoms with Crippen LogP contribution >= 0.6 is 0 Å². The van der Waals surface area contributed by atoms with Gasteiger partial charge >= 0.3 is 0 Å². The average molecular weight is 206 g/mol. The largest absolute Gasteiger partial charge is 0.299 e. The minimum atomic E-state index is 0.157. The highest BCUT2D eigenvalue weighted by Gasteiger charge is 2.39. The molecule has 1 heteroatoms. The van der Waals surface area contributed by atoms with Gasteiger partial charge in [0.25, 0.3) is 0 Å². The fourth-order valence-electron chi connectivity index (χ4n) is 2.41. The van der Waals surface area contributed by atoms with Crippen molar-refractivity contribution in [3.8, 4) is 0 Å². The number of carbonyl (C=O) groups is 1. The van der Waals surface area contributed by atoms with E-state index in [-0.39, 0.29) is 11.3 Å². The zero-order valence-electron chi connectivity index (χ0n) is 10.3. The molecule has 0 radical (unpaired) electrons. The van der Waals surface area contributed by atoms with Crippen LogP contribution in [0.1, 0.15) is 40.5 Å². The van der Waals surface area contributed by atoms with Crippen molar-refractivity contribution in [1.82, 2.24) is 0 Å². The van der Waals surface area contributed by atoms with Crippen molar-refractivity contribution in [2.45, 2.75) is 40.5 Å². The van der Waals surface area contributed by atoms with Crippen molar-refractivity contribution < 1.29 is 4.79 Å². The van der Waals surface area contributed by atoms with Gasteiger partial charge in [0.05, 0.1) is 0 Å². The first-order chi connectivity index (χ1) is 6.84. The molecular weight excluding hydrogens is 184 g/mol. The number of carbonyl (C=O) groups excluding carboxylic acids is 1. The molecule has 1 aliphatic carbocycles. The third kappa shape index (κ3) is 2.80. The molecule has 84 valence electrons. The lowest BCUT2D eigenvalue weighted by Crippen LogP contribution is -2.37. The number of allylic oxidation sites excluding steroid dienone is 3. The minimum absolute atomic E-state index is 0.157. The SMILES string of the molecule is C=C(C)/C=C/C1C(C)C(=O)CCC1(C)C. The summed E-state index contributed by atoms with van der Waals surface area (Å²) >= 11 is 0. The quantitative estimate of drug-likeness (QED) is 0.629. The molecule has 0 aliphatic heterocycles. The molecule has 2 atom stereocenters. The average Bonchev–Trinajstić information content (AvgIpc) is 2.11. The highest BCUT2D eigenvalue weighted by atomic mass is 16.1. The lowest BCUT2D eigenvalue weighted by Gasteiger charge is -2.40. The molecule has 0 saturated heterocycles. The second-order valence-electron chi connectivity index (χ2n) is 5.47. The topological polar surface area (TPSA) is 17.1 Å². The molecule has 1 nitrogen and oxygen atoms in total. The van der Waals surface area contributed by atoms with Gasteiger partial charge in [0.2, 0.25) is 0 Å². The highest BCUT2D eigenvalue weighted by molar-refractivity contribution is 5.82. The summed E-state index contributed by atoms with van der Waals surface area (Å²) in [6.07, 6.45) is 5.96. The summed E-state index contributed by atoms with van der Waals surface area (Å²) in [4.78, 5) is 11.7. The van der Waals surface area contributed by atoms with Crippen molar-refractivity contribution in [2.75, 3.05) is 0 Å². The van der Waals surface area contributed by atoms with E-state index < -0.39 is 0 Å². The van der Waals surface area contributed by atoms with E-state index in [1.807, 2.05) is 13.0 Å². The second-order valence-corrected chi connectivity index (χ2v) is 5.47. The van der Waals surface area contributed by atoms with Crippen LogP contribution in [0.25, 0.3) is 0 Å². The Bertz CT molecular complexity index is 296. The van der Waals surface area contributed by atoms with Crippen molar-refractivity contribution in [1.29, 1.82) is 0 Å². The molecule has 0 aromatic heterocycles. The van der Waals surface area contributed by atoms with E-state index >= 15 is 0 Å². The van der Waals surface area contributed by atoms with Gasteiger partial charge in [0, 0.05) is 12.3 Å². The zero-order valence-corrected chi connectivity index (χ0v) is 10.3. The molecule has 1 rings (SSSR count). The molecule has 0 N–H and O–H groups in total. The first-order valence-electron chi connectivity index (χ1n) is 5.71. The molecule has 2 unspecified atom stereocenters. The molecule has 15 heavy (non-hydrogen) atoms. The van der Waals surface area contributed by atoms with Crippen molar-refractivity contribution in [3.05, 3.63) is 24.3 Å². The summed E-state index contributed by atoms with van der Waals surface area (Å²) in [6, 6.07) is 0. The van der Waals surface area contributed by atoms with Crippen molar-refractivity contribution in [2.24, 2.45) is 17.3 Å². The first kappa shape index (κ1) is 12.2. The Hall–Kier alpha value is -0.850. The summed E-state index contributed by atoms with van der Waals surface area (Å²) in [5.74, 6) is 0.922. The fraction of sp³-hybridized carbons (Fsp3) is 0.643. The lowest BCUT2D eigenvalue weighted by molar-refractivity contribution is -0.128. The number of hydrogen-bond donors (Lipinski definition) is 0. The Morgan fingerprint density at radius 1 is 1.53 bits per heavy atom. The summed E-state index contributed by atoms with van der Waals surface area (Å²) in [5, 5.41) is 0. The highest BCUT2D eigenvalue weighted by Crippen LogP contribution is 2.43. The van der Waals surface area contributed by atoms with Crippen LogP contribution in [0.4, 0.5) is 0 Å². The summed E-state index contributed by atoms with van der Waals surface area (Å²) in [7, 11) is 0. The Kier molecular flexibility index (Phi) is 3.54.